The standard InChI is InChI=1S/C9H11F2N3O4/c10-9(11)6(16)4(15)3-18-7(9)14-2-1-5(12)13-8(14)17/h1-2,4,6-7,15-16H,3H2,(H2,12,13,17)/t4-,6+,7-/m1/s1. The number of nitrogens with zero attached hydrogens (tertiary/aromatic N) is 2. The molecule has 0 aromatic carbocycles. The maximum Gasteiger partial charge on any atom is 0.351 e. The summed E-state index contributed by atoms with van der Waals surface area (Å²) in [4.78, 5) is 14.7. The molecule has 0 saturated carbocycles. The van der Waals surface area contributed by atoms with Crippen LogP contribution in [0.1, 0.15) is 6.23 Å². The van der Waals surface area contributed by atoms with Crippen LogP contribution in [0.25, 0.3) is 0 Å². The number of aromatic nitrogens is 2. The summed E-state index contributed by atoms with van der Waals surface area (Å²) in [5.74, 6) is -3.94. The highest BCUT2D eigenvalue weighted by Crippen LogP contribution is 2.37. The van der Waals surface area contributed by atoms with Gasteiger partial charge in [-0.15, -0.1) is 0 Å². The van der Waals surface area contributed by atoms with Gasteiger partial charge >= 0.3 is 11.6 Å². The Bertz CT molecular complexity index is 507. The maximum absolute atomic E-state index is 13.7. The maximum atomic E-state index is 13.7. The predicted octanol–water partition coefficient (Wildman–Crippen LogP) is -1.29. The van der Waals surface area contributed by atoms with Crippen molar-refractivity contribution >= 4 is 5.82 Å². The Labute approximate surface area is 99.4 Å². The summed E-state index contributed by atoms with van der Waals surface area (Å²) in [6.45, 7) is -0.516. The lowest BCUT2D eigenvalue weighted by atomic mass is 10.0. The van der Waals surface area contributed by atoms with Crippen molar-refractivity contribution < 1.29 is 23.7 Å². The number of aliphatic hydroxyl groups is 2. The third-order valence-corrected chi connectivity index (χ3v) is 2.62. The minimum Gasteiger partial charge on any atom is -0.388 e. The van der Waals surface area contributed by atoms with Gasteiger partial charge in [-0.1, -0.05) is 0 Å². The van der Waals surface area contributed by atoms with E-state index in [-0.39, 0.29) is 5.82 Å². The smallest absolute Gasteiger partial charge is 0.351 e. The molecule has 1 aromatic rings. The normalized spacial score (nSPS) is 31.2. The molecule has 7 nitrogen and oxygen atoms in total. The van der Waals surface area contributed by atoms with Gasteiger partial charge in [-0.05, 0) is 6.07 Å². The van der Waals surface area contributed by atoms with E-state index in [1.54, 1.807) is 0 Å². The van der Waals surface area contributed by atoms with Crippen LogP contribution in [0.4, 0.5) is 14.6 Å². The van der Waals surface area contributed by atoms with E-state index in [2.05, 4.69) is 4.98 Å². The van der Waals surface area contributed by atoms with Gasteiger partial charge in [0.25, 0.3) is 0 Å². The van der Waals surface area contributed by atoms with Crippen LogP contribution in [0.3, 0.4) is 0 Å². The van der Waals surface area contributed by atoms with Gasteiger partial charge in [0.2, 0.25) is 6.23 Å². The van der Waals surface area contributed by atoms with Crippen LogP contribution >= 0.6 is 0 Å². The zero-order chi connectivity index (χ0) is 13.5. The summed E-state index contributed by atoms with van der Waals surface area (Å²) in [7, 11) is 0. The Balaban J connectivity index is 2.41. The molecule has 0 radical (unpaired) electrons. The number of anilines is 1. The third-order valence-electron chi connectivity index (χ3n) is 2.62. The van der Waals surface area contributed by atoms with Crippen LogP contribution < -0.4 is 11.4 Å². The average molecular weight is 263 g/mol. The van der Waals surface area contributed by atoms with Gasteiger partial charge in [-0.2, -0.15) is 13.8 Å². The molecule has 2 heterocycles. The molecule has 4 N–H and O–H groups in total. The fourth-order valence-corrected chi connectivity index (χ4v) is 1.66. The van der Waals surface area contributed by atoms with Gasteiger partial charge in [0.05, 0.1) is 6.61 Å². The minimum absolute atomic E-state index is 0.115. The quantitative estimate of drug-likeness (QED) is 0.581. The van der Waals surface area contributed by atoms with Gasteiger partial charge in [0, 0.05) is 6.20 Å². The van der Waals surface area contributed by atoms with Gasteiger partial charge in [-0.3, -0.25) is 4.57 Å². The van der Waals surface area contributed by atoms with Gasteiger partial charge in [0.15, 0.2) is 6.10 Å². The van der Waals surface area contributed by atoms with Gasteiger partial charge in [-0.25, -0.2) is 4.79 Å². The largest absolute Gasteiger partial charge is 0.388 e. The van der Waals surface area contributed by atoms with Crippen LogP contribution in [0.15, 0.2) is 17.1 Å². The number of aliphatic hydroxyl groups excluding tert-OH is 2. The molecule has 1 aliphatic rings. The van der Waals surface area contributed by atoms with E-state index >= 15 is 0 Å². The van der Waals surface area contributed by atoms with E-state index in [9.17, 15) is 18.7 Å². The van der Waals surface area contributed by atoms with Gasteiger partial charge in [0.1, 0.15) is 11.9 Å². The monoisotopic (exact) mass is 263 g/mol. The van der Waals surface area contributed by atoms with Crippen molar-refractivity contribution in [2.45, 2.75) is 24.4 Å². The number of ether oxygens (including phenoxy) is 1. The molecule has 0 spiro atoms. The van der Waals surface area contributed by atoms with E-state index in [4.69, 9.17) is 15.6 Å². The predicted molar refractivity (Wildman–Crippen MR) is 54.9 cm³/mol. The van der Waals surface area contributed by atoms with E-state index in [0.717, 1.165) is 12.3 Å². The molecule has 0 bridgehead atoms. The lowest BCUT2D eigenvalue weighted by Gasteiger charge is -2.38. The molecule has 9 heteroatoms. The fourth-order valence-electron chi connectivity index (χ4n) is 1.66. The van der Waals surface area contributed by atoms with Gasteiger partial charge < -0.3 is 20.7 Å². The lowest BCUT2D eigenvalue weighted by molar-refractivity contribution is -0.287. The zero-order valence-electron chi connectivity index (χ0n) is 9.03. The molecular formula is C9H11F2N3O4. The summed E-state index contributed by atoms with van der Waals surface area (Å²) in [5.41, 5.74) is 4.21. The molecule has 100 valence electrons. The number of hydrogen-bond acceptors (Lipinski definition) is 6. The third kappa shape index (κ3) is 1.96. The Kier molecular flexibility index (Phi) is 3.05. The number of rotatable bonds is 1. The van der Waals surface area contributed by atoms with E-state index in [1.165, 1.54) is 0 Å². The van der Waals surface area contributed by atoms with Crippen LogP contribution in [-0.2, 0) is 4.74 Å². The number of hydrogen-bond donors (Lipinski definition) is 3. The van der Waals surface area contributed by atoms with Crippen LogP contribution in [0, 0.1) is 0 Å². The molecule has 2 rings (SSSR count). The van der Waals surface area contributed by atoms with E-state index in [1.807, 2.05) is 0 Å². The molecule has 1 aliphatic heterocycles. The SMILES string of the molecule is Nc1ccn([C@@H]2OC[C@@H](O)[C@H](O)C2(F)F)c(=O)n1. The first-order chi connectivity index (χ1) is 8.34. The van der Waals surface area contributed by atoms with Crippen molar-refractivity contribution in [3.05, 3.63) is 22.7 Å². The van der Waals surface area contributed by atoms with Crippen LogP contribution in [-0.4, -0.2) is 44.5 Å². The van der Waals surface area contributed by atoms with Crippen molar-refractivity contribution in [2.24, 2.45) is 0 Å². The Morgan fingerprint density at radius 3 is 2.83 bits per heavy atom. The first-order valence-corrected chi connectivity index (χ1v) is 5.04. The number of nitrogens with two attached hydrogens (primary N) is 1. The summed E-state index contributed by atoms with van der Waals surface area (Å²) >= 11 is 0. The summed E-state index contributed by atoms with van der Waals surface area (Å²) in [6, 6.07) is 1.15. The van der Waals surface area contributed by atoms with Crippen molar-refractivity contribution in [3.8, 4) is 0 Å². The van der Waals surface area contributed by atoms with E-state index in [0.29, 0.717) is 4.57 Å². The number of nitrogen functional groups attached to an aromatic ring is 1. The zero-order valence-corrected chi connectivity index (χ0v) is 9.03. The van der Waals surface area contributed by atoms with Crippen molar-refractivity contribution in [3.63, 3.8) is 0 Å². The highest BCUT2D eigenvalue weighted by atomic mass is 19.3. The molecule has 3 atom stereocenters. The second-order valence-electron chi connectivity index (χ2n) is 3.91. The summed E-state index contributed by atoms with van der Waals surface area (Å²) < 4.78 is 32.7. The van der Waals surface area contributed by atoms with Crippen molar-refractivity contribution in [1.82, 2.24) is 9.55 Å². The second kappa shape index (κ2) is 4.26. The molecule has 1 fully saturated rings. The second-order valence-corrected chi connectivity index (χ2v) is 3.91. The van der Waals surface area contributed by atoms with Crippen molar-refractivity contribution in [1.29, 1.82) is 0 Å². The van der Waals surface area contributed by atoms with E-state index < -0.39 is 36.7 Å². The molecule has 0 amide bonds. The summed E-state index contributed by atoms with van der Waals surface area (Å²) in [5, 5.41) is 18.4. The van der Waals surface area contributed by atoms with Crippen LogP contribution in [0.2, 0.25) is 0 Å². The first kappa shape index (κ1) is 12.9. The van der Waals surface area contributed by atoms with Crippen LogP contribution in [0.5, 0.6) is 0 Å². The lowest BCUT2D eigenvalue weighted by Crippen LogP contribution is -2.56. The average Bonchev–Trinajstić information content (AvgIpc) is 2.28. The number of halogens is 2. The molecule has 0 unspecified atom stereocenters. The molecule has 18 heavy (non-hydrogen) atoms. The highest BCUT2D eigenvalue weighted by Gasteiger charge is 2.55. The van der Waals surface area contributed by atoms with Crippen molar-refractivity contribution in [2.75, 3.05) is 12.3 Å². The first-order valence-electron chi connectivity index (χ1n) is 5.04. The molecular weight excluding hydrogens is 252 g/mol. The minimum atomic E-state index is -3.82. The number of alkyl halides is 2. The molecule has 0 aliphatic carbocycles. The Morgan fingerprint density at radius 1 is 1.56 bits per heavy atom. The highest BCUT2D eigenvalue weighted by molar-refractivity contribution is 5.23. The topological polar surface area (TPSA) is 111 Å². The molecule has 1 aromatic heterocycles. The Hall–Kier alpha value is -1.58. The fraction of sp³-hybridized carbons (Fsp3) is 0.556. The summed E-state index contributed by atoms with van der Waals surface area (Å²) in [6.07, 6.45) is -5.07. The molecule has 1 saturated heterocycles. The Morgan fingerprint density at radius 2 is 2.22 bits per heavy atom.